The third kappa shape index (κ3) is 1.94. The van der Waals surface area contributed by atoms with Gasteiger partial charge in [-0.25, -0.2) is 0 Å². The molecule has 0 aliphatic carbocycles. The topological polar surface area (TPSA) is 92.0 Å². The van der Waals surface area contributed by atoms with E-state index in [4.69, 9.17) is 4.52 Å². The number of aliphatic hydroxyl groups excluding tert-OH is 1. The molecule has 0 aliphatic heterocycles. The van der Waals surface area contributed by atoms with Crippen molar-refractivity contribution < 1.29 is 9.63 Å². The lowest BCUT2D eigenvalue weighted by molar-refractivity contribution is 0.184. The number of hydrogen-bond donors (Lipinski definition) is 2. The quantitative estimate of drug-likeness (QED) is 0.747. The third-order valence-electron chi connectivity index (χ3n) is 1.84. The summed E-state index contributed by atoms with van der Waals surface area (Å²) < 4.78 is 4.89. The van der Waals surface area contributed by atoms with E-state index < -0.39 is 6.10 Å². The molecule has 2 aromatic rings. The van der Waals surface area contributed by atoms with Crippen LogP contribution >= 0.6 is 0 Å². The van der Waals surface area contributed by atoms with Crippen LogP contribution in [-0.4, -0.2) is 20.2 Å². The molecule has 0 aliphatic rings. The molecule has 0 saturated heterocycles. The molecule has 78 valence electrons. The molecule has 2 rings (SSSR count). The van der Waals surface area contributed by atoms with Crippen molar-refractivity contribution >= 4 is 0 Å². The molecular weight excluding hydrogens is 198 g/mol. The van der Waals surface area contributed by atoms with E-state index in [0.29, 0.717) is 5.56 Å². The van der Waals surface area contributed by atoms with Gasteiger partial charge < -0.3 is 14.6 Å². The van der Waals surface area contributed by atoms with Gasteiger partial charge in [0.05, 0.1) is 0 Å². The minimum Gasteiger partial charge on any atom is -0.385 e. The van der Waals surface area contributed by atoms with E-state index in [2.05, 4.69) is 15.1 Å². The van der Waals surface area contributed by atoms with Gasteiger partial charge in [-0.05, 0) is 13.0 Å². The van der Waals surface area contributed by atoms with Crippen LogP contribution in [0.1, 0.15) is 18.9 Å². The summed E-state index contributed by atoms with van der Waals surface area (Å²) in [6, 6.07) is 2.99. The Balaban J connectivity index is 2.41. The van der Waals surface area contributed by atoms with Crippen LogP contribution in [0.25, 0.3) is 11.5 Å². The van der Waals surface area contributed by atoms with Gasteiger partial charge in [0.15, 0.2) is 5.82 Å². The normalized spacial score (nSPS) is 12.7. The second-order valence-electron chi connectivity index (χ2n) is 3.08. The summed E-state index contributed by atoms with van der Waals surface area (Å²) >= 11 is 0. The van der Waals surface area contributed by atoms with Gasteiger partial charge in [0.2, 0.25) is 5.56 Å². The summed E-state index contributed by atoms with van der Waals surface area (Å²) in [7, 11) is 0. The van der Waals surface area contributed by atoms with E-state index in [1.807, 2.05) is 0 Å². The van der Waals surface area contributed by atoms with Gasteiger partial charge in [-0.2, -0.15) is 4.98 Å². The Bertz CT molecular complexity index is 515. The fraction of sp³-hybridized carbons (Fsp3) is 0.222. The van der Waals surface area contributed by atoms with Crippen molar-refractivity contribution in [1.29, 1.82) is 0 Å². The predicted octanol–water partition coefficient (Wildman–Crippen LogP) is 0.478. The number of aromatic amines is 1. The molecule has 2 heterocycles. The summed E-state index contributed by atoms with van der Waals surface area (Å²) in [5.41, 5.74) is 0.280. The third-order valence-corrected chi connectivity index (χ3v) is 1.84. The van der Waals surface area contributed by atoms with Crippen molar-refractivity contribution in [2.75, 3.05) is 0 Å². The Morgan fingerprint density at radius 3 is 3.00 bits per heavy atom. The first kappa shape index (κ1) is 9.60. The molecule has 0 aromatic carbocycles. The Labute approximate surface area is 84.6 Å². The van der Waals surface area contributed by atoms with E-state index in [1.54, 1.807) is 6.07 Å². The first-order valence-corrected chi connectivity index (χ1v) is 4.37. The molecule has 0 spiro atoms. The van der Waals surface area contributed by atoms with Crippen molar-refractivity contribution in [3.05, 3.63) is 34.5 Å². The molecule has 1 atom stereocenters. The highest BCUT2D eigenvalue weighted by molar-refractivity contribution is 5.50. The van der Waals surface area contributed by atoms with E-state index in [-0.39, 0.29) is 17.3 Å². The van der Waals surface area contributed by atoms with Crippen LogP contribution in [0.4, 0.5) is 0 Å². The van der Waals surface area contributed by atoms with Crippen LogP contribution in [0.2, 0.25) is 0 Å². The molecule has 0 radical (unpaired) electrons. The molecule has 0 bridgehead atoms. The lowest BCUT2D eigenvalue weighted by atomic mass is 10.3. The van der Waals surface area contributed by atoms with Crippen LogP contribution in [0, 0.1) is 0 Å². The Kier molecular flexibility index (Phi) is 2.34. The molecule has 1 unspecified atom stereocenters. The molecule has 0 saturated carbocycles. The zero-order valence-electron chi connectivity index (χ0n) is 7.97. The zero-order chi connectivity index (χ0) is 10.8. The monoisotopic (exact) mass is 207 g/mol. The number of aromatic nitrogens is 3. The fourth-order valence-corrected chi connectivity index (χ4v) is 1.10. The Hall–Kier alpha value is -1.95. The SMILES string of the molecule is CC(O)c1noc(-c2cc[nH]c(=O)c2)n1. The number of rotatable bonds is 2. The molecule has 2 N–H and O–H groups in total. The lowest BCUT2D eigenvalue weighted by Gasteiger charge is -1.92. The number of nitrogens with zero attached hydrogens (tertiary/aromatic N) is 2. The molecule has 0 amide bonds. The number of nitrogens with one attached hydrogen (secondary N) is 1. The van der Waals surface area contributed by atoms with Crippen molar-refractivity contribution in [3.63, 3.8) is 0 Å². The van der Waals surface area contributed by atoms with E-state index >= 15 is 0 Å². The van der Waals surface area contributed by atoms with Gasteiger partial charge in [-0.15, -0.1) is 0 Å². The first-order valence-electron chi connectivity index (χ1n) is 4.37. The number of hydrogen-bond acceptors (Lipinski definition) is 5. The van der Waals surface area contributed by atoms with E-state index in [0.717, 1.165) is 0 Å². The van der Waals surface area contributed by atoms with Gasteiger partial charge >= 0.3 is 0 Å². The molecule has 0 fully saturated rings. The molecule has 15 heavy (non-hydrogen) atoms. The van der Waals surface area contributed by atoms with Crippen LogP contribution in [0.15, 0.2) is 27.6 Å². The van der Waals surface area contributed by atoms with Gasteiger partial charge in [0, 0.05) is 17.8 Å². The zero-order valence-corrected chi connectivity index (χ0v) is 7.97. The summed E-state index contributed by atoms with van der Waals surface area (Å²) in [5.74, 6) is 0.419. The largest absolute Gasteiger partial charge is 0.385 e. The number of H-pyrrole nitrogens is 1. The highest BCUT2D eigenvalue weighted by atomic mass is 16.5. The molecule has 2 aromatic heterocycles. The van der Waals surface area contributed by atoms with Crippen LogP contribution in [-0.2, 0) is 0 Å². The average Bonchev–Trinajstić information content (AvgIpc) is 2.66. The van der Waals surface area contributed by atoms with Crippen molar-refractivity contribution in [2.45, 2.75) is 13.0 Å². The minimum absolute atomic E-state index is 0.199. The smallest absolute Gasteiger partial charge is 0.258 e. The van der Waals surface area contributed by atoms with Crippen LogP contribution in [0.5, 0.6) is 0 Å². The highest BCUT2D eigenvalue weighted by Gasteiger charge is 2.12. The Morgan fingerprint density at radius 1 is 1.60 bits per heavy atom. The maximum Gasteiger partial charge on any atom is 0.258 e. The summed E-state index contributed by atoms with van der Waals surface area (Å²) in [4.78, 5) is 17.4. The van der Waals surface area contributed by atoms with Gasteiger partial charge in [0.1, 0.15) is 6.10 Å². The van der Waals surface area contributed by atoms with Crippen molar-refractivity contribution in [2.24, 2.45) is 0 Å². The molecule has 6 nitrogen and oxygen atoms in total. The first-order chi connectivity index (χ1) is 7.16. The van der Waals surface area contributed by atoms with Crippen molar-refractivity contribution in [1.82, 2.24) is 15.1 Å². The second-order valence-corrected chi connectivity index (χ2v) is 3.08. The maximum atomic E-state index is 11.0. The number of aliphatic hydroxyl groups is 1. The average molecular weight is 207 g/mol. The highest BCUT2D eigenvalue weighted by Crippen LogP contribution is 2.16. The van der Waals surface area contributed by atoms with Crippen molar-refractivity contribution in [3.8, 4) is 11.5 Å². The maximum absolute atomic E-state index is 11.0. The second kappa shape index (κ2) is 3.66. The molecule has 6 heteroatoms. The van der Waals surface area contributed by atoms with Gasteiger partial charge in [-0.1, -0.05) is 5.16 Å². The van der Waals surface area contributed by atoms with Crippen LogP contribution < -0.4 is 5.56 Å². The van der Waals surface area contributed by atoms with Gasteiger partial charge in [0.25, 0.3) is 5.89 Å². The summed E-state index contributed by atoms with van der Waals surface area (Å²) in [6.07, 6.45) is 0.702. The summed E-state index contributed by atoms with van der Waals surface area (Å²) in [5, 5.41) is 12.8. The fourth-order valence-electron chi connectivity index (χ4n) is 1.10. The predicted molar refractivity (Wildman–Crippen MR) is 51.0 cm³/mol. The Morgan fingerprint density at radius 2 is 2.40 bits per heavy atom. The lowest BCUT2D eigenvalue weighted by Crippen LogP contribution is -2.02. The number of pyridine rings is 1. The van der Waals surface area contributed by atoms with Crippen LogP contribution in [0.3, 0.4) is 0 Å². The summed E-state index contributed by atoms with van der Waals surface area (Å²) in [6.45, 7) is 1.53. The standard InChI is InChI=1S/C9H9N3O3/c1-5(13)8-11-9(15-12-8)6-2-3-10-7(14)4-6/h2-5,13H,1H3,(H,10,14). The van der Waals surface area contributed by atoms with E-state index in [9.17, 15) is 9.90 Å². The van der Waals surface area contributed by atoms with E-state index in [1.165, 1.54) is 19.2 Å². The minimum atomic E-state index is -0.788. The van der Waals surface area contributed by atoms with Gasteiger partial charge in [-0.3, -0.25) is 4.79 Å². The molecular formula is C9H9N3O3.